The molecule has 1 aliphatic rings. The Hall–Kier alpha value is -1.39. The predicted octanol–water partition coefficient (Wildman–Crippen LogP) is 3.69. The second-order valence-corrected chi connectivity index (χ2v) is 5.25. The Morgan fingerprint density at radius 1 is 1.42 bits per heavy atom. The second kappa shape index (κ2) is 6.68. The minimum Gasteiger partial charge on any atom is -0.312 e. The van der Waals surface area contributed by atoms with E-state index in [0.717, 1.165) is 19.4 Å². The fourth-order valence-electron chi connectivity index (χ4n) is 2.31. The summed E-state index contributed by atoms with van der Waals surface area (Å²) < 4.78 is 0. The molecule has 1 unspecified atom stereocenters. The maximum Gasteiger partial charge on any atom is 0.275 e. The van der Waals surface area contributed by atoms with E-state index in [1.807, 2.05) is 0 Å². The largest absolute Gasteiger partial charge is 0.312 e. The van der Waals surface area contributed by atoms with E-state index in [0.29, 0.717) is 23.0 Å². The first-order chi connectivity index (χ1) is 9.16. The van der Waals surface area contributed by atoms with E-state index in [-0.39, 0.29) is 10.6 Å². The lowest BCUT2D eigenvalue weighted by atomic mass is 9.94. The number of nitrogens with one attached hydrogen (secondary N) is 1. The van der Waals surface area contributed by atoms with Crippen LogP contribution >= 0.6 is 11.6 Å². The number of nitrogens with zero attached hydrogens (tertiary/aromatic N) is 1. The average Bonchev–Trinajstić information content (AvgIpc) is 2.41. The number of rotatable bonds is 5. The van der Waals surface area contributed by atoms with E-state index in [4.69, 9.17) is 11.6 Å². The van der Waals surface area contributed by atoms with Gasteiger partial charge in [-0.05, 0) is 43.9 Å². The van der Waals surface area contributed by atoms with Gasteiger partial charge in [-0.1, -0.05) is 23.8 Å². The number of allylic oxidation sites excluding steroid dienone is 2. The van der Waals surface area contributed by atoms with Gasteiger partial charge < -0.3 is 5.32 Å². The third-order valence-corrected chi connectivity index (χ3v) is 3.61. The Bertz CT molecular complexity index is 488. The van der Waals surface area contributed by atoms with E-state index in [2.05, 4.69) is 17.5 Å². The molecule has 0 heterocycles. The molecule has 1 N–H and O–H groups in total. The monoisotopic (exact) mass is 280 g/mol. The number of nitro groups is 1. The zero-order chi connectivity index (χ0) is 13.7. The molecule has 4 nitrogen and oxygen atoms in total. The number of hydrogen-bond acceptors (Lipinski definition) is 3. The van der Waals surface area contributed by atoms with Crippen LogP contribution in [0.4, 0.5) is 5.69 Å². The van der Waals surface area contributed by atoms with Crippen molar-refractivity contribution in [2.24, 2.45) is 5.92 Å². The van der Waals surface area contributed by atoms with Crippen molar-refractivity contribution < 1.29 is 4.92 Å². The van der Waals surface area contributed by atoms with Crippen LogP contribution in [-0.4, -0.2) is 11.5 Å². The molecule has 1 aromatic carbocycles. The predicted molar refractivity (Wildman–Crippen MR) is 76.3 cm³/mol. The molecule has 0 radical (unpaired) electrons. The topological polar surface area (TPSA) is 55.2 Å². The Balaban J connectivity index is 1.92. The molecule has 0 aromatic heterocycles. The summed E-state index contributed by atoms with van der Waals surface area (Å²) in [5.41, 5.74) is 0.768. The first-order valence-corrected chi connectivity index (χ1v) is 6.83. The SMILES string of the molecule is O=[N+]([O-])c1cc(Cl)ccc1CNCC1CC=CCC1. The lowest BCUT2D eigenvalue weighted by molar-refractivity contribution is -0.385. The molecule has 5 heteroatoms. The average molecular weight is 281 g/mol. The first kappa shape index (κ1) is 14.0. The van der Waals surface area contributed by atoms with Crippen molar-refractivity contribution in [2.75, 3.05) is 6.54 Å². The zero-order valence-electron chi connectivity index (χ0n) is 10.6. The summed E-state index contributed by atoms with van der Waals surface area (Å²) in [6.45, 7) is 1.40. The van der Waals surface area contributed by atoms with Gasteiger partial charge in [0.05, 0.1) is 4.92 Å². The van der Waals surface area contributed by atoms with Gasteiger partial charge >= 0.3 is 0 Å². The molecule has 102 valence electrons. The standard InChI is InChI=1S/C14H17ClN2O2/c15-13-7-6-12(14(8-13)17(18)19)10-16-9-11-4-2-1-3-5-11/h1-2,6-8,11,16H,3-5,9-10H2. The highest BCUT2D eigenvalue weighted by Gasteiger charge is 2.15. The highest BCUT2D eigenvalue weighted by atomic mass is 35.5. The van der Waals surface area contributed by atoms with Crippen LogP contribution in [0, 0.1) is 16.0 Å². The summed E-state index contributed by atoms with van der Waals surface area (Å²) in [4.78, 5) is 10.6. The van der Waals surface area contributed by atoms with Crippen LogP contribution in [0.5, 0.6) is 0 Å². The van der Waals surface area contributed by atoms with Gasteiger partial charge in [-0.3, -0.25) is 10.1 Å². The van der Waals surface area contributed by atoms with Gasteiger partial charge in [0.2, 0.25) is 0 Å². The van der Waals surface area contributed by atoms with Gasteiger partial charge in [-0.25, -0.2) is 0 Å². The van der Waals surface area contributed by atoms with Crippen molar-refractivity contribution in [3.63, 3.8) is 0 Å². The number of halogens is 1. The van der Waals surface area contributed by atoms with Gasteiger partial charge in [0.15, 0.2) is 0 Å². The third-order valence-electron chi connectivity index (χ3n) is 3.37. The quantitative estimate of drug-likeness (QED) is 0.508. The highest BCUT2D eigenvalue weighted by molar-refractivity contribution is 6.30. The summed E-state index contributed by atoms with van der Waals surface area (Å²) in [6.07, 6.45) is 7.83. The Labute approximate surface area is 117 Å². The molecule has 1 atom stereocenters. The molecular weight excluding hydrogens is 264 g/mol. The summed E-state index contributed by atoms with van der Waals surface area (Å²) in [5, 5.41) is 14.6. The van der Waals surface area contributed by atoms with Gasteiger partial charge in [0, 0.05) is 23.2 Å². The Morgan fingerprint density at radius 2 is 2.26 bits per heavy atom. The van der Waals surface area contributed by atoms with Crippen molar-refractivity contribution in [3.8, 4) is 0 Å². The molecule has 0 fully saturated rings. The highest BCUT2D eigenvalue weighted by Crippen LogP contribution is 2.23. The van der Waals surface area contributed by atoms with Crippen LogP contribution in [-0.2, 0) is 6.54 Å². The van der Waals surface area contributed by atoms with Gasteiger partial charge in [-0.15, -0.1) is 0 Å². The Kier molecular flexibility index (Phi) is 4.93. The molecule has 19 heavy (non-hydrogen) atoms. The summed E-state index contributed by atoms with van der Waals surface area (Å²) in [7, 11) is 0. The van der Waals surface area contributed by atoms with E-state index in [1.54, 1.807) is 12.1 Å². The molecule has 2 rings (SSSR count). The lowest BCUT2D eigenvalue weighted by Gasteiger charge is -2.18. The molecule has 1 aromatic rings. The molecule has 0 spiro atoms. The van der Waals surface area contributed by atoms with Crippen molar-refractivity contribution >= 4 is 17.3 Å². The van der Waals surface area contributed by atoms with Crippen LogP contribution in [0.1, 0.15) is 24.8 Å². The van der Waals surface area contributed by atoms with Gasteiger partial charge in [-0.2, -0.15) is 0 Å². The zero-order valence-corrected chi connectivity index (χ0v) is 11.4. The fraction of sp³-hybridized carbons (Fsp3) is 0.429. The van der Waals surface area contributed by atoms with Gasteiger partial charge in [0.25, 0.3) is 5.69 Å². The maximum atomic E-state index is 10.9. The van der Waals surface area contributed by atoms with E-state index >= 15 is 0 Å². The maximum absolute atomic E-state index is 10.9. The summed E-state index contributed by atoms with van der Waals surface area (Å²) in [6, 6.07) is 4.81. The van der Waals surface area contributed by atoms with Crippen LogP contribution in [0.3, 0.4) is 0 Å². The molecular formula is C14H17ClN2O2. The van der Waals surface area contributed by atoms with Crippen LogP contribution in [0.2, 0.25) is 5.02 Å². The van der Waals surface area contributed by atoms with Crippen molar-refractivity contribution in [1.82, 2.24) is 5.32 Å². The van der Waals surface area contributed by atoms with Crippen molar-refractivity contribution in [1.29, 1.82) is 0 Å². The molecule has 0 saturated heterocycles. The molecule has 0 amide bonds. The summed E-state index contributed by atoms with van der Waals surface area (Å²) in [5.74, 6) is 0.636. The second-order valence-electron chi connectivity index (χ2n) is 4.81. The van der Waals surface area contributed by atoms with Crippen LogP contribution < -0.4 is 5.32 Å². The van der Waals surface area contributed by atoms with Crippen LogP contribution in [0.15, 0.2) is 30.4 Å². The number of benzene rings is 1. The minimum atomic E-state index is -0.383. The lowest BCUT2D eigenvalue weighted by Crippen LogP contribution is -2.23. The minimum absolute atomic E-state index is 0.0866. The fourth-order valence-corrected chi connectivity index (χ4v) is 2.48. The van der Waals surface area contributed by atoms with Crippen molar-refractivity contribution in [3.05, 3.63) is 51.1 Å². The van der Waals surface area contributed by atoms with Crippen LogP contribution in [0.25, 0.3) is 0 Å². The van der Waals surface area contributed by atoms with Gasteiger partial charge in [0.1, 0.15) is 0 Å². The smallest absolute Gasteiger partial charge is 0.275 e. The van der Waals surface area contributed by atoms with E-state index in [1.165, 1.54) is 12.5 Å². The molecule has 0 bridgehead atoms. The first-order valence-electron chi connectivity index (χ1n) is 6.45. The molecule has 0 saturated carbocycles. The van der Waals surface area contributed by atoms with E-state index < -0.39 is 0 Å². The molecule has 0 aliphatic heterocycles. The number of nitro benzene ring substituents is 1. The molecule has 1 aliphatic carbocycles. The van der Waals surface area contributed by atoms with E-state index in [9.17, 15) is 10.1 Å². The Morgan fingerprint density at radius 3 is 2.95 bits per heavy atom. The third kappa shape index (κ3) is 4.04. The van der Waals surface area contributed by atoms with Crippen molar-refractivity contribution in [2.45, 2.75) is 25.8 Å². The normalized spacial score (nSPS) is 18.5. The summed E-state index contributed by atoms with van der Waals surface area (Å²) >= 11 is 5.78. The number of hydrogen-bond donors (Lipinski definition) is 1.